The van der Waals surface area contributed by atoms with Gasteiger partial charge in [0.05, 0.1) is 6.67 Å². The van der Waals surface area contributed by atoms with Crippen LogP contribution in [-0.4, -0.2) is 6.67 Å². The predicted molar refractivity (Wildman–Crippen MR) is 139 cm³/mol. The first-order valence-electron chi connectivity index (χ1n) is 15.2. The molecule has 0 bridgehead atoms. The van der Waals surface area contributed by atoms with E-state index in [9.17, 15) is 4.39 Å². The lowest BCUT2D eigenvalue weighted by Gasteiger charge is -2.43. The molecule has 0 N–H and O–H groups in total. The average molecular weight is 449 g/mol. The first-order valence-corrected chi connectivity index (χ1v) is 15.2. The van der Waals surface area contributed by atoms with Gasteiger partial charge in [-0.25, -0.2) is 0 Å². The molecule has 0 nitrogen and oxygen atoms in total. The predicted octanol–water partition coefficient (Wildman–Crippen LogP) is 10.4. The second-order valence-corrected chi connectivity index (χ2v) is 12.6. The van der Waals surface area contributed by atoms with E-state index in [0.717, 1.165) is 35.5 Å². The quantitative estimate of drug-likeness (QED) is 0.260. The van der Waals surface area contributed by atoms with E-state index in [2.05, 4.69) is 20.8 Å². The van der Waals surface area contributed by atoms with Crippen LogP contribution in [0.1, 0.15) is 143 Å². The Morgan fingerprint density at radius 1 is 0.625 bits per heavy atom. The van der Waals surface area contributed by atoms with Gasteiger partial charge in [-0.05, 0) is 118 Å². The van der Waals surface area contributed by atoms with Crippen LogP contribution in [0.3, 0.4) is 0 Å². The minimum Gasteiger partial charge on any atom is -0.251 e. The van der Waals surface area contributed by atoms with Gasteiger partial charge in [-0.15, -0.1) is 0 Å². The van der Waals surface area contributed by atoms with E-state index in [4.69, 9.17) is 0 Å². The maximum Gasteiger partial charge on any atom is 0.0922 e. The molecule has 2 atom stereocenters. The SMILES string of the molecule is CCCCCC1CCC(C2CCC(C3CCC(C(CCCC)C(C)CF)CC3)CC2)CC1. The Balaban J connectivity index is 1.35. The van der Waals surface area contributed by atoms with E-state index >= 15 is 0 Å². The van der Waals surface area contributed by atoms with Crippen LogP contribution in [0.25, 0.3) is 0 Å². The molecule has 0 aliphatic heterocycles. The maximum atomic E-state index is 13.5. The van der Waals surface area contributed by atoms with Gasteiger partial charge in [0.15, 0.2) is 0 Å². The van der Waals surface area contributed by atoms with Gasteiger partial charge in [0.1, 0.15) is 0 Å². The molecule has 0 aromatic heterocycles. The molecule has 188 valence electrons. The lowest BCUT2D eigenvalue weighted by molar-refractivity contribution is 0.0803. The van der Waals surface area contributed by atoms with Gasteiger partial charge in [0.25, 0.3) is 0 Å². The molecule has 0 aromatic carbocycles. The summed E-state index contributed by atoms with van der Waals surface area (Å²) in [7, 11) is 0. The third-order valence-electron chi connectivity index (χ3n) is 10.5. The fourth-order valence-electron chi connectivity index (χ4n) is 8.30. The van der Waals surface area contributed by atoms with E-state index in [0.29, 0.717) is 5.92 Å². The number of halogens is 1. The summed E-state index contributed by atoms with van der Waals surface area (Å²) >= 11 is 0. The molecule has 2 unspecified atom stereocenters. The minimum absolute atomic E-state index is 0.112. The summed E-state index contributed by atoms with van der Waals surface area (Å²) < 4.78 is 13.5. The zero-order valence-electron chi connectivity index (χ0n) is 22.1. The molecular formula is C31H57F. The smallest absolute Gasteiger partial charge is 0.0922 e. The lowest BCUT2D eigenvalue weighted by atomic mass is 9.63. The van der Waals surface area contributed by atoms with Crippen molar-refractivity contribution in [2.45, 2.75) is 143 Å². The molecule has 0 amide bonds. The van der Waals surface area contributed by atoms with Crippen LogP contribution in [-0.2, 0) is 0 Å². The number of rotatable bonds is 12. The first-order chi connectivity index (χ1) is 15.7. The van der Waals surface area contributed by atoms with E-state index in [1.165, 1.54) is 109 Å². The molecule has 3 rings (SSSR count). The standard InChI is InChI=1S/C31H57F/c1-4-6-8-9-25-11-13-26(14-12-25)27-15-17-28(18-16-27)29-19-21-30(22-20-29)31(10-7-5-2)24(3)23-32/h24-31H,4-23H2,1-3H3. The molecule has 0 aromatic rings. The Labute approximate surface area is 201 Å². The number of hydrogen-bond acceptors (Lipinski definition) is 0. The van der Waals surface area contributed by atoms with Crippen molar-refractivity contribution >= 4 is 0 Å². The number of unbranched alkanes of at least 4 members (excludes halogenated alkanes) is 3. The van der Waals surface area contributed by atoms with Crippen LogP contribution in [0.5, 0.6) is 0 Å². The second-order valence-electron chi connectivity index (χ2n) is 12.6. The second kappa shape index (κ2) is 14.4. The molecule has 3 fully saturated rings. The van der Waals surface area contributed by atoms with E-state index in [1.807, 2.05) is 0 Å². The Kier molecular flexibility index (Phi) is 11.9. The van der Waals surface area contributed by atoms with Crippen molar-refractivity contribution in [1.29, 1.82) is 0 Å². The van der Waals surface area contributed by atoms with Crippen LogP contribution >= 0.6 is 0 Å². The molecule has 32 heavy (non-hydrogen) atoms. The highest BCUT2D eigenvalue weighted by Crippen LogP contribution is 2.48. The topological polar surface area (TPSA) is 0 Å². The largest absolute Gasteiger partial charge is 0.251 e. The van der Waals surface area contributed by atoms with Crippen molar-refractivity contribution in [1.82, 2.24) is 0 Å². The third-order valence-corrected chi connectivity index (χ3v) is 10.5. The van der Waals surface area contributed by atoms with Gasteiger partial charge in [0.2, 0.25) is 0 Å². The number of alkyl halides is 1. The molecule has 3 aliphatic carbocycles. The van der Waals surface area contributed by atoms with Crippen molar-refractivity contribution in [3.8, 4) is 0 Å². The highest BCUT2D eigenvalue weighted by molar-refractivity contribution is 4.87. The Bertz CT molecular complexity index is 463. The molecular weight excluding hydrogens is 391 g/mol. The van der Waals surface area contributed by atoms with Crippen molar-refractivity contribution < 1.29 is 4.39 Å². The fraction of sp³-hybridized carbons (Fsp3) is 1.00. The van der Waals surface area contributed by atoms with Gasteiger partial charge in [-0.3, -0.25) is 4.39 Å². The van der Waals surface area contributed by atoms with Gasteiger partial charge >= 0.3 is 0 Å². The normalized spacial score (nSPS) is 36.0. The van der Waals surface area contributed by atoms with Crippen LogP contribution < -0.4 is 0 Å². The molecule has 0 heterocycles. The fourth-order valence-corrected chi connectivity index (χ4v) is 8.30. The maximum absolute atomic E-state index is 13.5. The van der Waals surface area contributed by atoms with Gasteiger partial charge in [-0.2, -0.15) is 0 Å². The molecule has 0 saturated heterocycles. The summed E-state index contributed by atoms with van der Waals surface area (Å²) in [5, 5.41) is 0. The molecule has 3 aliphatic rings. The summed E-state index contributed by atoms with van der Waals surface area (Å²) in [6, 6.07) is 0. The summed E-state index contributed by atoms with van der Waals surface area (Å²) in [6.07, 6.45) is 27.6. The van der Waals surface area contributed by atoms with E-state index < -0.39 is 0 Å². The third kappa shape index (κ3) is 7.73. The number of hydrogen-bond donors (Lipinski definition) is 0. The zero-order valence-corrected chi connectivity index (χ0v) is 22.1. The van der Waals surface area contributed by atoms with Gasteiger partial charge < -0.3 is 0 Å². The molecule has 1 heteroatoms. The van der Waals surface area contributed by atoms with Crippen molar-refractivity contribution in [2.24, 2.45) is 47.3 Å². The van der Waals surface area contributed by atoms with E-state index in [1.54, 1.807) is 12.8 Å². The first kappa shape index (κ1) is 26.5. The van der Waals surface area contributed by atoms with Gasteiger partial charge in [0, 0.05) is 0 Å². The highest BCUT2D eigenvalue weighted by Gasteiger charge is 2.36. The molecule has 3 saturated carbocycles. The van der Waals surface area contributed by atoms with Crippen LogP contribution in [0.15, 0.2) is 0 Å². The van der Waals surface area contributed by atoms with Crippen molar-refractivity contribution in [2.75, 3.05) is 6.67 Å². The Morgan fingerprint density at radius 3 is 1.56 bits per heavy atom. The monoisotopic (exact) mass is 448 g/mol. The van der Waals surface area contributed by atoms with E-state index in [-0.39, 0.29) is 12.6 Å². The van der Waals surface area contributed by atoms with Crippen LogP contribution in [0.4, 0.5) is 4.39 Å². The zero-order chi connectivity index (χ0) is 22.8. The van der Waals surface area contributed by atoms with Crippen molar-refractivity contribution in [3.63, 3.8) is 0 Å². The highest BCUT2D eigenvalue weighted by atomic mass is 19.1. The Hall–Kier alpha value is -0.0700. The summed E-state index contributed by atoms with van der Waals surface area (Å²) in [6.45, 7) is 6.67. The average Bonchev–Trinajstić information content (AvgIpc) is 2.85. The lowest BCUT2D eigenvalue weighted by Crippen LogP contribution is -2.32. The summed E-state index contributed by atoms with van der Waals surface area (Å²) in [4.78, 5) is 0. The van der Waals surface area contributed by atoms with Gasteiger partial charge in [-0.1, -0.05) is 72.1 Å². The van der Waals surface area contributed by atoms with Crippen LogP contribution in [0, 0.1) is 47.3 Å². The molecule has 0 spiro atoms. The van der Waals surface area contributed by atoms with Crippen molar-refractivity contribution in [3.05, 3.63) is 0 Å². The van der Waals surface area contributed by atoms with Crippen LogP contribution in [0.2, 0.25) is 0 Å². The Morgan fingerprint density at radius 2 is 1.09 bits per heavy atom. The minimum atomic E-state index is -0.112. The summed E-state index contributed by atoms with van der Waals surface area (Å²) in [5.41, 5.74) is 0. The summed E-state index contributed by atoms with van der Waals surface area (Å²) in [5.74, 6) is 6.94. The molecule has 0 radical (unpaired) electrons.